The zero-order chi connectivity index (χ0) is 21.3. The number of aromatic amines is 1. The zero-order valence-electron chi connectivity index (χ0n) is 15.8. The Labute approximate surface area is 175 Å². The van der Waals surface area contributed by atoms with Crippen LogP contribution in [0.25, 0.3) is 16.7 Å². The third kappa shape index (κ3) is 3.60. The fraction of sp³-hybridized carbons (Fsp3) is 0.0952. The first-order chi connectivity index (χ1) is 14.5. The number of hydrogen-bond acceptors (Lipinski definition) is 5. The maximum Gasteiger partial charge on any atom is 0.266 e. The highest BCUT2D eigenvalue weighted by Crippen LogP contribution is 2.27. The lowest BCUT2D eigenvalue weighted by atomic mass is 10.2. The average Bonchev–Trinajstić information content (AvgIpc) is 3.14. The Morgan fingerprint density at radius 3 is 2.57 bits per heavy atom. The molecule has 30 heavy (non-hydrogen) atoms. The lowest BCUT2D eigenvalue weighted by molar-refractivity contribution is 0.102. The highest BCUT2D eigenvalue weighted by molar-refractivity contribution is 6.30. The van der Waals surface area contributed by atoms with Gasteiger partial charge in [0.25, 0.3) is 11.5 Å². The predicted molar refractivity (Wildman–Crippen MR) is 114 cm³/mol. The molecule has 0 saturated heterocycles. The standard InChI is InChI=1S/C21H17ClN4O4/c1-2-30-15-9-5-13(6-10-15)24-20(28)17-18(27)16-11-23-26(19(16)25-21(17)29)14-7-3-12(22)4-8-14/h3-11H,2H2,1H3,(H,24,28)(H2,25,27,29). The number of carbonyl (C=O) groups is 1. The van der Waals surface area contributed by atoms with Gasteiger partial charge < -0.3 is 20.1 Å². The molecular formula is C21H17ClN4O4. The van der Waals surface area contributed by atoms with E-state index < -0.39 is 22.8 Å². The van der Waals surface area contributed by atoms with Gasteiger partial charge in [0.05, 0.1) is 23.9 Å². The lowest BCUT2D eigenvalue weighted by Crippen LogP contribution is -2.23. The van der Waals surface area contributed by atoms with Crippen molar-refractivity contribution in [3.05, 3.63) is 75.7 Å². The van der Waals surface area contributed by atoms with Gasteiger partial charge in [-0.2, -0.15) is 5.10 Å². The van der Waals surface area contributed by atoms with Crippen LogP contribution in [0, 0.1) is 0 Å². The number of carbonyl (C=O) groups excluding carboxylic acids is 1. The second-order valence-corrected chi connectivity index (χ2v) is 6.82. The number of nitrogens with zero attached hydrogens (tertiary/aromatic N) is 2. The molecule has 3 N–H and O–H groups in total. The Bertz CT molecular complexity index is 1280. The van der Waals surface area contributed by atoms with Crippen LogP contribution >= 0.6 is 11.6 Å². The van der Waals surface area contributed by atoms with Crippen LogP contribution < -0.4 is 15.6 Å². The van der Waals surface area contributed by atoms with Crippen molar-refractivity contribution in [2.24, 2.45) is 0 Å². The van der Waals surface area contributed by atoms with Crippen molar-refractivity contribution in [2.45, 2.75) is 6.92 Å². The highest BCUT2D eigenvalue weighted by Gasteiger charge is 2.22. The molecule has 2 aromatic carbocycles. The molecule has 0 saturated carbocycles. The van der Waals surface area contributed by atoms with Gasteiger partial charge in [-0.05, 0) is 55.5 Å². The second-order valence-electron chi connectivity index (χ2n) is 6.38. The number of halogens is 1. The number of nitrogens with one attached hydrogen (secondary N) is 2. The van der Waals surface area contributed by atoms with Crippen molar-refractivity contribution in [2.75, 3.05) is 11.9 Å². The van der Waals surface area contributed by atoms with Gasteiger partial charge in [-0.25, -0.2) is 4.68 Å². The van der Waals surface area contributed by atoms with Crippen LogP contribution in [0.3, 0.4) is 0 Å². The van der Waals surface area contributed by atoms with Crippen molar-refractivity contribution in [3.63, 3.8) is 0 Å². The topological polar surface area (TPSA) is 109 Å². The molecule has 0 fully saturated rings. The first kappa shape index (κ1) is 19.5. The molecule has 0 spiro atoms. The van der Waals surface area contributed by atoms with E-state index in [9.17, 15) is 14.7 Å². The van der Waals surface area contributed by atoms with Crippen molar-refractivity contribution < 1.29 is 14.6 Å². The summed E-state index contributed by atoms with van der Waals surface area (Å²) in [6.45, 7) is 2.40. The molecule has 152 valence electrons. The van der Waals surface area contributed by atoms with E-state index in [2.05, 4.69) is 15.4 Å². The van der Waals surface area contributed by atoms with Crippen molar-refractivity contribution in [3.8, 4) is 17.2 Å². The molecule has 2 aromatic heterocycles. The van der Waals surface area contributed by atoms with Crippen molar-refractivity contribution in [1.82, 2.24) is 14.8 Å². The van der Waals surface area contributed by atoms with Gasteiger partial charge in [0.1, 0.15) is 22.7 Å². The van der Waals surface area contributed by atoms with Gasteiger partial charge in [-0.1, -0.05) is 11.6 Å². The van der Waals surface area contributed by atoms with Crippen molar-refractivity contribution >= 4 is 34.2 Å². The van der Waals surface area contributed by atoms with Gasteiger partial charge in [-0.3, -0.25) is 9.59 Å². The fourth-order valence-corrected chi connectivity index (χ4v) is 3.16. The molecule has 0 aliphatic carbocycles. The molecular weight excluding hydrogens is 408 g/mol. The molecule has 4 aromatic rings. The summed E-state index contributed by atoms with van der Waals surface area (Å²) in [4.78, 5) is 27.9. The molecule has 8 nitrogen and oxygen atoms in total. The first-order valence-corrected chi connectivity index (χ1v) is 9.49. The molecule has 0 unspecified atom stereocenters. The number of rotatable bonds is 5. The van der Waals surface area contributed by atoms with E-state index in [1.807, 2.05) is 6.92 Å². The number of H-pyrrole nitrogens is 1. The molecule has 9 heteroatoms. The van der Waals surface area contributed by atoms with E-state index in [1.165, 1.54) is 10.9 Å². The van der Waals surface area contributed by atoms with E-state index in [1.54, 1.807) is 48.5 Å². The van der Waals surface area contributed by atoms with Gasteiger partial charge in [0, 0.05) is 10.7 Å². The minimum absolute atomic E-state index is 0.237. The van der Waals surface area contributed by atoms with Crippen LogP contribution in [-0.4, -0.2) is 32.4 Å². The van der Waals surface area contributed by atoms with Crippen LogP contribution in [0.15, 0.2) is 59.5 Å². The summed E-state index contributed by atoms with van der Waals surface area (Å²) in [5.74, 6) is -0.524. The largest absolute Gasteiger partial charge is 0.506 e. The Hall–Kier alpha value is -3.78. The molecule has 0 radical (unpaired) electrons. The SMILES string of the molecule is CCOc1ccc(NC(=O)c2c(O)c3cnn(-c4ccc(Cl)cc4)c3[nH]c2=O)cc1. The Morgan fingerprint density at radius 2 is 1.90 bits per heavy atom. The van der Waals surface area contributed by atoms with E-state index in [4.69, 9.17) is 16.3 Å². The lowest BCUT2D eigenvalue weighted by Gasteiger charge is -2.09. The molecule has 4 rings (SSSR count). The summed E-state index contributed by atoms with van der Waals surface area (Å²) in [5.41, 5.74) is 0.221. The molecule has 2 heterocycles. The zero-order valence-corrected chi connectivity index (χ0v) is 16.6. The van der Waals surface area contributed by atoms with Crippen LogP contribution in [0.5, 0.6) is 11.5 Å². The average molecular weight is 425 g/mol. The maximum absolute atomic E-state index is 12.7. The maximum atomic E-state index is 12.7. The monoisotopic (exact) mass is 424 g/mol. The number of ether oxygens (including phenoxy) is 1. The molecule has 0 bridgehead atoms. The minimum Gasteiger partial charge on any atom is -0.506 e. The summed E-state index contributed by atoms with van der Waals surface area (Å²) in [5, 5.41) is 18.2. The number of aromatic nitrogens is 3. The Kier molecular flexibility index (Phi) is 5.16. The van der Waals surface area contributed by atoms with E-state index in [0.717, 1.165) is 0 Å². The molecule has 1 amide bonds. The molecule has 0 aliphatic rings. The summed E-state index contributed by atoms with van der Waals surface area (Å²) in [7, 11) is 0. The van der Waals surface area contributed by atoms with E-state index in [-0.39, 0.29) is 11.0 Å². The number of anilines is 1. The number of hydrogen-bond donors (Lipinski definition) is 3. The predicted octanol–water partition coefficient (Wildman–Crippen LogP) is 3.72. The number of benzene rings is 2. The third-order valence-electron chi connectivity index (χ3n) is 4.44. The smallest absolute Gasteiger partial charge is 0.266 e. The Morgan fingerprint density at radius 1 is 1.20 bits per heavy atom. The molecule has 0 atom stereocenters. The second kappa shape index (κ2) is 7.92. The Balaban J connectivity index is 1.69. The number of fused-ring (bicyclic) bond motifs is 1. The summed E-state index contributed by atoms with van der Waals surface area (Å²) in [6.07, 6.45) is 1.38. The highest BCUT2D eigenvalue weighted by atomic mass is 35.5. The normalized spacial score (nSPS) is 10.9. The third-order valence-corrected chi connectivity index (χ3v) is 4.69. The van der Waals surface area contributed by atoms with Crippen LogP contribution in [0.4, 0.5) is 5.69 Å². The number of pyridine rings is 1. The van der Waals surface area contributed by atoms with Crippen LogP contribution in [0.1, 0.15) is 17.3 Å². The minimum atomic E-state index is -0.737. The quantitative estimate of drug-likeness (QED) is 0.452. The van der Waals surface area contributed by atoms with Crippen LogP contribution in [0.2, 0.25) is 5.02 Å². The number of amides is 1. The first-order valence-electron chi connectivity index (χ1n) is 9.11. The van der Waals surface area contributed by atoms with Gasteiger partial charge in [0.2, 0.25) is 0 Å². The van der Waals surface area contributed by atoms with E-state index >= 15 is 0 Å². The summed E-state index contributed by atoms with van der Waals surface area (Å²) >= 11 is 5.91. The van der Waals surface area contributed by atoms with E-state index in [0.29, 0.717) is 28.8 Å². The summed E-state index contributed by atoms with van der Waals surface area (Å²) < 4.78 is 6.80. The van der Waals surface area contributed by atoms with Gasteiger partial charge in [-0.15, -0.1) is 0 Å². The van der Waals surface area contributed by atoms with Gasteiger partial charge in [0.15, 0.2) is 0 Å². The van der Waals surface area contributed by atoms with Crippen LogP contribution in [-0.2, 0) is 0 Å². The molecule has 0 aliphatic heterocycles. The summed E-state index contributed by atoms with van der Waals surface area (Å²) in [6, 6.07) is 13.5. The van der Waals surface area contributed by atoms with Gasteiger partial charge >= 0.3 is 0 Å². The fourth-order valence-electron chi connectivity index (χ4n) is 3.04. The number of aromatic hydroxyl groups is 1. The van der Waals surface area contributed by atoms with Crippen molar-refractivity contribution in [1.29, 1.82) is 0 Å².